The van der Waals surface area contributed by atoms with Crippen LogP contribution in [0.3, 0.4) is 0 Å². The van der Waals surface area contributed by atoms with Gasteiger partial charge in [-0.25, -0.2) is 0 Å². The van der Waals surface area contributed by atoms with E-state index in [2.05, 4.69) is 20.8 Å². The maximum atomic E-state index is 2.32. The quantitative estimate of drug-likeness (QED) is 0.329. The van der Waals surface area contributed by atoms with Crippen molar-refractivity contribution < 1.29 is 0 Å². The SMILES string of the molecule is CCCCCP(CCCCC)CCCCC.N. The number of hydrogen-bond acceptors (Lipinski definition) is 1. The zero-order valence-corrected chi connectivity index (χ0v) is 13.5. The summed E-state index contributed by atoms with van der Waals surface area (Å²) in [7, 11) is 0.405. The first-order chi connectivity index (χ1) is 7.85. The molecule has 0 saturated heterocycles. The van der Waals surface area contributed by atoms with E-state index in [0.717, 1.165) is 0 Å². The molecule has 0 saturated carbocycles. The van der Waals surface area contributed by atoms with E-state index in [1.165, 1.54) is 57.8 Å². The first-order valence-corrected chi connectivity index (χ1v) is 9.47. The van der Waals surface area contributed by atoms with Gasteiger partial charge in [-0.2, -0.15) is 0 Å². The summed E-state index contributed by atoms with van der Waals surface area (Å²) in [6.07, 6.45) is 17.7. The average Bonchev–Trinajstić information content (AvgIpc) is 2.29. The van der Waals surface area contributed by atoms with Gasteiger partial charge in [0.25, 0.3) is 0 Å². The van der Waals surface area contributed by atoms with E-state index >= 15 is 0 Å². The van der Waals surface area contributed by atoms with Crippen molar-refractivity contribution in [1.29, 1.82) is 0 Å². The van der Waals surface area contributed by atoms with Crippen LogP contribution in [0.1, 0.15) is 78.6 Å². The van der Waals surface area contributed by atoms with Crippen molar-refractivity contribution in [1.82, 2.24) is 6.15 Å². The lowest BCUT2D eigenvalue weighted by Crippen LogP contribution is -1.96. The molecule has 17 heavy (non-hydrogen) atoms. The minimum absolute atomic E-state index is 0. The fourth-order valence-corrected chi connectivity index (χ4v) is 4.77. The summed E-state index contributed by atoms with van der Waals surface area (Å²) < 4.78 is 0. The Balaban J connectivity index is 0. The van der Waals surface area contributed by atoms with E-state index in [1.807, 2.05) is 0 Å². The molecule has 0 aliphatic rings. The molecule has 0 aromatic carbocycles. The second-order valence-electron chi connectivity index (χ2n) is 4.96. The van der Waals surface area contributed by atoms with Gasteiger partial charge in [0, 0.05) is 0 Å². The van der Waals surface area contributed by atoms with Gasteiger partial charge in [0.15, 0.2) is 0 Å². The van der Waals surface area contributed by atoms with Crippen LogP contribution in [0.2, 0.25) is 0 Å². The standard InChI is InChI=1S/C15H33P.H3N/c1-4-7-10-13-16(14-11-8-5-2)15-12-9-6-3;/h4-15H2,1-3H3;1H3. The van der Waals surface area contributed by atoms with Crippen LogP contribution in [0, 0.1) is 0 Å². The summed E-state index contributed by atoms with van der Waals surface area (Å²) in [5.41, 5.74) is 0. The summed E-state index contributed by atoms with van der Waals surface area (Å²) in [6.45, 7) is 6.95. The van der Waals surface area contributed by atoms with Gasteiger partial charge in [-0.3, -0.25) is 0 Å². The zero-order valence-electron chi connectivity index (χ0n) is 12.6. The summed E-state index contributed by atoms with van der Waals surface area (Å²) in [6, 6.07) is 0. The van der Waals surface area contributed by atoms with Crippen molar-refractivity contribution in [2.75, 3.05) is 18.5 Å². The van der Waals surface area contributed by atoms with Crippen molar-refractivity contribution in [2.24, 2.45) is 0 Å². The third-order valence-electron chi connectivity index (χ3n) is 3.23. The first-order valence-electron chi connectivity index (χ1n) is 7.57. The maximum absolute atomic E-state index is 2.32. The van der Waals surface area contributed by atoms with Gasteiger partial charge >= 0.3 is 0 Å². The third-order valence-corrected chi connectivity index (χ3v) is 6.08. The van der Waals surface area contributed by atoms with Crippen molar-refractivity contribution in [3.05, 3.63) is 0 Å². The second-order valence-corrected chi connectivity index (χ2v) is 7.65. The molecule has 1 nitrogen and oxygen atoms in total. The van der Waals surface area contributed by atoms with E-state index < -0.39 is 0 Å². The Morgan fingerprint density at radius 2 is 0.824 bits per heavy atom. The molecule has 106 valence electrons. The molecule has 0 aliphatic carbocycles. The molecule has 0 aliphatic heterocycles. The number of unbranched alkanes of at least 4 members (excludes halogenated alkanes) is 6. The molecule has 0 amide bonds. The van der Waals surface area contributed by atoms with Crippen LogP contribution in [0.25, 0.3) is 0 Å². The van der Waals surface area contributed by atoms with Crippen LogP contribution in [-0.2, 0) is 0 Å². The van der Waals surface area contributed by atoms with Crippen molar-refractivity contribution >= 4 is 7.92 Å². The fraction of sp³-hybridized carbons (Fsp3) is 1.00. The molecule has 0 radical (unpaired) electrons. The van der Waals surface area contributed by atoms with Crippen LogP contribution in [-0.4, -0.2) is 18.5 Å². The summed E-state index contributed by atoms with van der Waals surface area (Å²) in [4.78, 5) is 0. The van der Waals surface area contributed by atoms with E-state index in [9.17, 15) is 0 Å². The van der Waals surface area contributed by atoms with Crippen LogP contribution in [0.15, 0.2) is 0 Å². The molecule has 0 rings (SSSR count). The largest absolute Gasteiger partial charge is 0.344 e. The summed E-state index contributed by atoms with van der Waals surface area (Å²) in [5.74, 6) is 0. The average molecular weight is 261 g/mol. The van der Waals surface area contributed by atoms with Gasteiger partial charge in [-0.1, -0.05) is 59.3 Å². The van der Waals surface area contributed by atoms with Crippen LogP contribution < -0.4 is 6.15 Å². The van der Waals surface area contributed by atoms with Gasteiger partial charge in [0.05, 0.1) is 0 Å². The molecule has 3 N–H and O–H groups in total. The van der Waals surface area contributed by atoms with Crippen molar-refractivity contribution in [3.8, 4) is 0 Å². The third kappa shape index (κ3) is 14.3. The van der Waals surface area contributed by atoms with Crippen LogP contribution in [0.5, 0.6) is 0 Å². The lowest BCUT2D eigenvalue weighted by molar-refractivity contribution is 0.749. The number of rotatable bonds is 12. The molecule has 0 aromatic rings. The second kappa shape index (κ2) is 16.4. The minimum atomic E-state index is 0. The minimum Gasteiger partial charge on any atom is -0.344 e. The summed E-state index contributed by atoms with van der Waals surface area (Å²) in [5, 5.41) is 0. The normalized spacial score (nSPS) is 10.6. The predicted molar refractivity (Wildman–Crippen MR) is 85.1 cm³/mol. The molecule has 0 fully saturated rings. The monoisotopic (exact) mass is 261 g/mol. The highest BCUT2D eigenvalue weighted by atomic mass is 31.1. The Bertz CT molecular complexity index is 104. The molecule has 0 spiro atoms. The van der Waals surface area contributed by atoms with Crippen molar-refractivity contribution in [2.45, 2.75) is 78.6 Å². The molecule has 0 bridgehead atoms. The van der Waals surface area contributed by atoms with Crippen molar-refractivity contribution in [3.63, 3.8) is 0 Å². The molecule has 0 atom stereocenters. The molecule has 0 unspecified atom stereocenters. The maximum Gasteiger partial charge on any atom is -0.0326 e. The molecule has 2 heteroatoms. The molecular weight excluding hydrogens is 225 g/mol. The smallest absolute Gasteiger partial charge is 0.0326 e. The predicted octanol–water partition coefficient (Wildman–Crippen LogP) is 6.20. The van der Waals surface area contributed by atoms with Gasteiger partial charge in [-0.15, -0.1) is 7.92 Å². The highest BCUT2D eigenvalue weighted by Gasteiger charge is 2.06. The summed E-state index contributed by atoms with van der Waals surface area (Å²) >= 11 is 0. The van der Waals surface area contributed by atoms with Gasteiger partial charge in [-0.05, 0) is 37.7 Å². The van der Waals surface area contributed by atoms with Crippen LogP contribution in [0.4, 0.5) is 0 Å². The molecule has 0 heterocycles. The lowest BCUT2D eigenvalue weighted by Gasteiger charge is -2.17. The van der Waals surface area contributed by atoms with E-state index in [1.54, 1.807) is 18.5 Å². The van der Waals surface area contributed by atoms with Gasteiger partial charge < -0.3 is 6.15 Å². The fourth-order valence-electron chi connectivity index (χ4n) is 2.09. The Labute approximate surface area is 111 Å². The van der Waals surface area contributed by atoms with Gasteiger partial charge in [0.1, 0.15) is 0 Å². The Kier molecular flexibility index (Phi) is 19.0. The highest BCUT2D eigenvalue weighted by molar-refractivity contribution is 7.57. The van der Waals surface area contributed by atoms with E-state index in [0.29, 0.717) is 7.92 Å². The Hall–Kier alpha value is 0.390. The van der Waals surface area contributed by atoms with E-state index in [4.69, 9.17) is 0 Å². The van der Waals surface area contributed by atoms with Gasteiger partial charge in [0.2, 0.25) is 0 Å². The highest BCUT2D eigenvalue weighted by Crippen LogP contribution is 2.39. The Morgan fingerprint density at radius 1 is 0.529 bits per heavy atom. The first kappa shape index (κ1) is 19.7. The number of hydrogen-bond donors (Lipinski definition) is 1. The zero-order chi connectivity index (χ0) is 12.1. The van der Waals surface area contributed by atoms with E-state index in [-0.39, 0.29) is 6.15 Å². The van der Waals surface area contributed by atoms with Crippen LogP contribution >= 0.6 is 7.92 Å². The molecular formula is C15H36NP. The molecule has 0 aromatic heterocycles. The Morgan fingerprint density at radius 3 is 1.06 bits per heavy atom. The lowest BCUT2D eigenvalue weighted by atomic mass is 10.3. The topological polar surface area (TPSA) is 35.0 Å².